The van der Waals surface area contributed by atoms with Crippen LogP contribution in [-0.4, -0.2) is 45.4 Å². The maximum absolute atomic E-state index is 12.7. The first-order chi connectivity index (χ1) is 16.3. The molecule has 0 unspecified atom stereocenters. The zero-order valence-electron chi connectivity index (χ0n) is 19.5. The zero-order valence-corrected chi connectivity index (χ0v) is 20.3. The molecule has 0 radical (unpaired) electrons. The lowest BCUT2D eigenvalue weighted by atomic mass is 10.1. The molecule has 1 atom stereocenters. The quantitative estimate of drug-likeness (QED) is 0.354. The highest BCUT2D eigenvalue weighted by atomic mass is 32.2. The van der Waals surface area contributed by atoms with Crippen molar-refractivity contribution < 1.29 is 19.1 Å². The third-order valence-corrected chi connectivity index (χ3v) is 6.08. The zero-order chi connectivity index (χ0) is 24.7. The van der Waals surface area contributed by atoms with E-state index >= 15 is 0 Å². The van der Waals surface area contributed by atoms with Crippen LogP contribution >= 0.6 is 11.8 Å². The van der Waals surface area contributed by atoms with Crippen molar-refractivity contribution in [3.63, 3.8) is 0 Å². The molecule has 34 heavy (non-hydrogen) atoms. The van der Waals surface area contributed by atoms with Gasteiger partial charge in [0, 0.05) is 17.8 Å². The minimum Gasteiger partial charge on any atom is -0.465 e. The van der Waals surface area contributed by atoms with Crippen LogP contribution in [0.5, 0.6) is 0 Å². The summed E-state index contributed by atoms with van der Waals surface area (Å²) in [7, 11) is 1.31. The second-order valence-corrected chi connectivity index (χ2v) is 8.44. The largest absolute Gasteiger partial charge is 0.465 e. The van der Waals surface area contributed by atoms with E-state index in [2.05, 4.69) is 25.6 Å². The van der Waals surface area contributed by atoms with Crippen LogP contribution in [0.4, 0.5) is 5.69 Å². The number of anilines is 1. The first-order valence-electron chi connectivity index (χ1n) is 10.7. The Kier molecular flexibility index (Phi) is 8.42. The maximum Gasteiger partial charge on any atom is 0.337 e. The average molecular weight is 482 g/mol. The number of aryl methyl sites for hydroxylation is 1. The molecule has 1 heterocycles. The van der Waals surface area contributed by atoms with Crippen LogP contribution in [0.1, 0.15) is 52.0 Å². The highest BCUT2D eigenvalue weighted by Gasteiger charge is 2.20. The molecule has 0 aliphatic rings. The Morgan fingerprint density at radius 2 is 1.79 bits per heavy atom. The minimum absolute atomic E-state index is 0.126. The summed E-state index contributed by atoms with van der Waals surface area (Å²) in [5, 5.41) is 14.8. The molecule has 2 amide bonds. The number of thioether (sulfide) groups is 1. The van der Waals surface area contributed by atoms with Crippen LogP contribution in [0, 0.1) is 6.92 Å². The number of benzene rings is 2. The average Bonchev–Trinajstić information content (AvgIpc) is 3.26. The fraction of sp³-hybridized carbons (Fsp3) is 0.292. The third-order valence-electron chi connectivity index (χ3n) is 5.11. The summed E-state index contributed by atoms with van der Waals surface area (Å²) >= 11 is 1.26. The molecule has 0 aliphatic heterocycles. The van der Waals surface area contributed by atoms with Crippen LogP contribution in [0.3, 0.4) is 0 Å². The van der Waals surface area contributed by atoms with E-state index < -0.39 is 5.97 Å². The Hall–Kier alpha value is -3.66. The minimum atomic E-state index is -0.438. The Bertz CT molecular complexity index is 1180. The molecule has 0 spiro atoms. The molecule has 178 valence electrons. The molecular formula is C24H27N5O4S. The SMILES string of the molecule is CCn1c(SCC(=O)Nc2ccc(C(=O)OC)cc2)nnc1[C@H](C)NC(=O)c1ccccc1C. The van der Waals surface area contributed by atoms with Crippen LogP contribution in [0.25, 0.3) is 0 Å². The van der Waals surface area contributed by atoms with Gasteiger partial charge < -0.3 is 19.9 Å². The number of nitrogens with one attached hydrogen (secondary N) is 2. The Morgan fingerprint density at radius 1 is 1.09 bits per heavy atom. The number of carbonyl (C=O) groups excluding carboxylic acids is 3. The van der Waals surface area contributed by atoms with E-state index in [1.165, 1.54) is 18.9 Å². The van der Waals surface area contributed by atoms with Gasteiger partial charge in [-0.05, 0) is 56.7 Å². The molecule has 0 aliphatic carbocycles. The number of methoxy groups -OCH3 is 1. The number of aromatic nitrogens is 3. The van der Waals surface area contributed by atoms with E-state index in [0.29, 0.717) is 34.3 Å². The highest BCUT2D eigenvalue weighted by Crippen LogP contribution is 2.21. The molecule has 2 N–H and O–H groups in total. The molecule has 9 nitrogen and oxygen atoms in total. The predicted octanol–water partition coefficient (Wildman–Crippen LogP) is 3.61. The van der Waals surface area contributed by atoms with Crippen molar-refractivity contribution in [3.8, 4) is 0 Å². The van der Waals surface area contributed by atoms with E-state index in [1.807, 2.05) is 43.5 Å². The van der Waals surface area contributed by atoms with Crippen molar-refractivity contribution in [2.75, 3.05) is 18.2 Å². The van der Waals surface area contributed by atoms with Crippen molar-refractivity contribution >= 4 is 35.2 Å². The first kappa shape index (κ1) is 25.0. The molecule has 2 aromatic carbocycles. The van der Waals surface area contributed by atoms with Gasteiger partial charge in [-0.3, -0.25) is 9.59 Å². The monoisotopic (exact) mass is 481 g/mol. The lowest BCUT2D eigenvalue weighted by Gasteiger charge is -2.16. The van der Waals surface area contributed by atoms with Gasteiger partial charge in [-0.25, -0.2) is 4.79 Å². The number of carbonyl (C=O) groups is 3. The molecule has 10 heteroatoms. The first-order valence-corrected chi connectivity index (χ1v) is 11.7. The summed E-state index contributed by atoms with van der Waals surface area (Å²) in [4.78, 5) is 36.6. The maximum atomic E-state index is 12.7. The van der Waals surface area contributed by atoms with Crippen LogP contribution in [0.2, 0.25) is 0 Å². The molecule has 0 saturated heterocycles. The van der Waals surface area contributed by atoms with Gasteiger partial charge in [0.2, 0.25) is 5.91 Å². The molecule has 1 aromatic heterocycles. The lowest BCUT2D eigenvalue weighted by Crippen LogP contribution is -2.29. The second kappa shape index (κ2) is 11.5. The Labute approximate surface area is 202 Å². The summed E-state index contributed by atoms with van der Waals surface area (Å²) in [5.74, 6) is -0.0916. The van der Waals surface area contributed by atoms with Crippen LogP contribution < -0.4 is 10.6 Å². The van der Waals surface area contributed by atoms with Gasteiger partial charge in [-0.15, -0.1) is 10.2 Å². The molecular weight excluding hydrogens is 454 g/mol. The van der Waals surface area contributed by atoms with Gasteiger partial charge >= 0.3 is 5.97 Å². The Morgan fingerprint density at radius 3 is 2.44 bits per heavy atom. The van der Waals surface area contributed by atoms with Gasteiger partial charge in [0.25, 0.3) is 5.91 Å². The van der Waals surface area contributed by atoms with Crippen molar-refractivity contribution in [1.82, 2.24) is 20.1 Å². The Balaban J connectivity index is 1.60. The summed E-state index contributed by atoms with van der Waals surface area (Å²) in [6.07, 6.45) is 0. The van der Waals surface area contributed by atoms with Gasteiger partial charge in [-0.1, -0.05) is 30.0 Å². The van der Waals surface area contributed by atoms with Crippen LogP contribution in [-0.2, 0) is 16.1 Å². The number of rotatable bonds is 9. The lowest BCUT2D eigenvalue weighted by molar-refractivity contribution is -0.113. The van der Waals surface area contributed by atoms with Crippen LogP contribution in [0.15, 0.2) is 53.7 Å². The number of hydrogen-bond acceptors (Lipinski definition) is 7. The van der Waals surface area contributed by atoms with Crippen molar-refractivity contribution in [2.45, 2.75) is 38.5 Å². The highest BCUT2D eigenvalue weighted by molar-refractivity contribution is 7.99. The van der Waals surface area contributed by atoms with E-state index in [9.17, 15) is 14.4 Å². The van der Waals surface area contributed by atoms with Crippen molar-refractivity contribution in [3.05, 3.63) is 71.0 Å². The number of amides is 2. The molecule has 0 fully saturated rings. The topological polar surface area (TPSA) is 115 Å². The summed E-state index contributed by atoms with van der Waals surface area (Å²) < 4.78 is 6.55. The summed E-state index contributed by atoms with van der Waals surface area (Å²) in [6.45, 7) is 6.29. The van der Waals surface area contributed by atoms with Gasteiger partial charge in [0.1, 0.15) is 0 Å². The molecule has 3 rings (SSSR count). The number of hydrogen-bond donors (Lipinski definition) is 2. The van der Waals surface area contributed by atoms with Crippen molar-refractivity contribution in [1.29, 1.82) is 0 Å². The van der Waals surface area contributed by atoms with E-state index in [-0.39, 0.29) is 23.6 Å². The normalized spacial score (nSPS) is 11.5. The summed E-state index contributed by atoms with van der Waals surface area (Å²) in [5.41, 5.74) is 2.49. The number of esters is 1. The number of nitrogens with zero attached hydrogens (tertiary/aromatic N) is 3. The standard InChI is InChI=1S/C24H27N5O4S/c1-5-29-21(16(3)25-22(31)19-9-7-6-8-15(19)2)27-28-24(29)34-14-20(30)26-18-12-10-17(11-13-18)23(32)33-4/h6-13,16H,5,14H2,1-4H3,(H,25,31)(H,26,30)/t16-/m0/s1. The summed E-state index contributed by atoms with van der Waals surface area (Å²) in [6, 6.07) is 13.5. The molecule has 0 bridgehead atoms. The smallest absolute Gasteiger partial charge is 0.337 e. The number of ether oxygens (including phenoxy) is 1. The molecule has 3 aromatic rings. The van der Waals surface area contributed by atoms with E-state index in [4.69, 9.17) is 0 Å². The van der Waals surface area contributed by atoms with Crippen molar-refractivity contribution in [2.24, 2.45) is 0 Å². The third kappa shape index (κ3) is 6.02. The van der Waals surface area contributed by atoms with Gasteiger partial charge in [0.15, 0.2) is 11.0 Å². The van der Waals surface area contributed by atoms with E-state index in [0.717, 1.165) is 5.56 Å². The predicted molar refractivity (Wildman–Crippen MR) is 130 cm³/mol. The fourth-order valence-corrected chi connectivity index (χ4v) is 4.14. The van der Waals surface area contributed by atoms with E-state index in [1.54, 1.807) is 30.3 Å². The second-order valence-electron chi connectivity index (χ2n) is 7.50. The molecule has 0 saturated carbocycles. The fourth-order valence-electron chi connectivity index (χ4n) is 3.33. The van der Waals surface area contributed by atoms with Gasteiger partial charge in [-0.2, -0.15) is 0 Å². The van der Waals surface area contributed by atoms with Gasteiger partial charge in [0.05, 0.1) is 24.5 Å².